The van der Waals surface area contributed by atoms with Gasteiger partial charge in [-0.15, -0.1) is 0 Å². The predicted octanol–water partition coefficient (Wildman–Crippen LogP) is 10.5. The highest BCUT2D eigenvalue weighted by atomic mass is 31.2. The summed E-state index contributed by atoms with van der Waals surface area (Å²) in [5, 5.41) is 0. The second-order valence-electron chi connectivity index (χ2n) is 12.1. The van der Waals surface area contributed by atoms with Gasteiger partial charge in [-0.3, -0.25) is 18.6 Å². The summed E-state index contributed by atoms with van der Waals surface area (Å²) in [6, 6.07) is 0. The highest BCUT2D eigenvalue weighted by molar-refractivity contribution is 7.47. The van der Waals surface area contributed by atoms with Crippen molar-refractivity contribution in [1.82, 2.24) is 0 Å². The molecule has 0 aliphatic carbocycles. The first-order valence-corrected chi connectivity index (χ1v) is 20.6. The van der Waals surface area contributed by atoms with Crippen LogP contribution < -0.4 is 5.73 Å². The smallest absolute Gasteiger partial charge is 0.462 e. The quantitative estimate of drug-likeness (QED) is 0.0218. The Labute approximate surface area is 309 Å². The number of ether oxygens (including phenoxy) is 2. The molecule has 0 aromatic carbocycles. The van der Waals surface area contributed by atoms with E-state index in [4.69, 9.17) is 24.3 Å². The summed E-state index contributed by atoms with van der Waals surface area (Å²) in [5.41, 5.74) is 5.33. The fraction of sp³-hybridized carbons (Fsp3) is 0.610. The molecular formula is C41H68NO8P. The molecule has 0 heterocycles. The van der Waals surface area contributed by atoms with Crippen molar-refractivity contribution >= 4 is 19.8 Å². The van der Waals surface area contributed by atoms with E-state index in [1.165, 1.54) is 0 Å². The predicted molar refractivity (Wildman–Crippen MR) is 210 cm³/mol. The number of esters is 2. The zero-order valence-corrected chi connectivity index (χ0v) is 32.4. The van der Waals surface area contributed by atoms with E-state index in [1.54, 1.807) is 0 Å². The second kappa shape index (κ2) is 37.0. The Morgan fingerprint density at radius 1 is 0.608 bits per heavy atom. The van der Waals surface area contributed by atoms with Gasteiger partial charge in [-0.25, -0.2) is 4.57 Å². The molecule has 0 radical (unpaired) electrons. The molecule has 1 unspecified atom stereocenters. The minimum atomic E-state index is -4.39. The first-order chi connectivity index (χ1) is 24.8. The lowest BCUT2D eigenvalue weighted by Crippen LogP contribution is -2.29. The third-order valence-electron chi connectivity index (χ3n) is 7.37. The Morgan fingerprint density at radius 2 is 1.12 bits per heavy atom. The van der Waals surface area contributed by atoms with Gasteiger partial charge in [0.15, 0.2) is 6.10 Å². The molecule has 0 fully saturated rings. The lowest BCUT2D eigenvalue weighted by Gasteiger charge is -2.19. The Hall–Kier alpha value is -2.81. The molecule has 0 saturated carbocycles. The molecule has 0 amide bonds. The van der Waals surface area contributed by atoms with Crippen LogP contribution in [0.1, 0.15) is 129 Å². The van der Waals surface area contributed by atoms with Crippen molar-refractivity contribution < 1.29 is 37.6 Å². The minimum Gasteiger partial charge on any atom is -0.462 e. The highest BCUT2D eigenvalue weighted by Gasteiger charge is 2.25. The van der Waals surface area contributed by atoms with Gasteiger partial charge in [0.1, 0.15) is 6.61 Å². The molecule has 290 valence electrons. The Morgan fingerprint density at radius 3 is 1.75 bits per heavy atom. The lowest BCUT2D eigenvalue weighted by molar-refractivity contribution is -0.161. The van der Waals surface area contributed by atoms with Crippen LogP contribution in [-0.4, -0.2) is 49.3 Å². The third-order valence-corrected chi connectivity index (χ3v) is 8.36. The third kappa shape index (κ3) is 36.8. The first kappa shape index (κ1) is 48.2. The molecule has 10 heteroatoms. The number of phosphoric ester groups is 1. The van der Waals surface area contributed by atoms with E-state index in [1.807, 2.05) is 30.4 Å². The van der Waals surface area contributed by atoms with Crippen molar-refractivity contribution in [3.8, 4) is 0 Å². The number of hydrogen-bond donors (Lipinski definition) is 2. The number of rotatable bonds is 34. The number of phosphoric acid groups is 1. The maximum absolute atomic E-state index is 12.5. The van der Waals surface area contributed by atoms with Crippen LogP contribution in [0, 0.1) is 0 Å². The van der Waals surface area contributed by atoms with Gasteiger partial charge in [0, 0.05) is 19.4 Å². The van der Waals surface area contributed by atoms with Gasteiger partial charge in [-0.2, -0.15) is 0 Å². The van der Waals surface area contributed by atoms with E-state index < -0.39 is 32.5 Å². The molecule has 0 spiro atoms. The zero-order valence-electron chi connectivity index (χ0n) is 31.5. The van der Waals surface area contributed by atoms with Gasteiger partial charge < -0.3 is 20.1 Å². The molecule has 0 saturated heterocycles. The zero-order chi connectivity index (χ0) is 37.5. The van der Waals surface area contributed by atoms with Crippen molar-refractivity contribution in [2.45, 2.75) is 136 Å². The van der Waals surface area contributed by atoms with Gasteiger partial charge in [-0.1, -0.05) is 137 Å². The first-order valence-electron chi connectivity index (χ1n) is 19.1. The number of nitrogens with two attached hydrogens (primary N) is 1. The lowest BCUT2D eigenvalue weighted by atomic mass is 10.1. The number of hydrogen-bond acceptors (Lipinski definition) is 8. The molecule has 0 aliphatic heterocycles. The largest absolute Gasteiger partial charge is 0.472 e. The van der Waals surface area contributed by atoms with Gasteiger partial charge in [0.05, 0.1) is 13.2 Å². The molecule has 9 nitrogen and oxygen atoms in total. The fourth-order valence-electron chi connectivity index (χ4n) is 4.60. The summed E-state index contributed by atoms with van der Waals surface area (Å²) in [4.78, 5) is 34.7. The average Bonchev–Trinajstić information content (AvgIpc) is 3.11. The van der Waals surface area contributed by atoms with Crippen molar-refractivity contribution in [2.24, 2.45) is 5.73 Å². The molecule has 0 aromatic rings. The SMILES string of the molecule is CC/C=C/C=C/C=C/C=C/CCCCCCCC(=O)OC[C@H](COP(=O)(O)OCCN)OC(=O)CCCCCCC/C=C/C/C=C/C/C=C/CC. The van der Waals surface area contributed by atoms with E-state index >= 15 is 0 Å². The number of unbranched alkanes of at least 4 members (excludes halogenated alkanes) is 10. The van der Waals surface area contributed by atoms with Crippen LogP contribution in [-0.2, 0) is 32.7 Å². The van der Waals surface area contributed by atoms with Gasteiger partial charge in [0.2, 0.25) is 0 Å². The van der Waals surface area contributed by atoms with Crippen molar-refractivity contribution in [3.63, 3.8) is 0 Å². The van der Waals surface area contributed by atoms with Crippen molar-refractivity contribution in [3.05, 3.63) is 85.1 Å². The molecular weight excluding hydrogens is 665 g/mol. The average molecular weight is 734 g/mol. The summed E-state index contributed by atoms with van der Waals surface area (Å²) in [7, 11) is -4.39. The summed E-state index contributed by atoms with van der Waals surface area (Å²) in [5.74, 6) is -0.887. The molecule has 0 aromatic heterocycles. The number of carbonyl (C=O) groups excluding carboxylic acids is 2. The van der Waals surface area contributed by atoms with E-state index in [2.05, 4.69) is 68.5 Å². The molecule has 3 N–H and O–H groups in total. The fourth-order valence-corrected chi connectivity index (χ4v) is 5.36. The minimum absolute atomic E-state index is 0.0416. The summed E-state index contributed by atoms with van der Waals surface area (Å²) < 4.78 is 32.6. The van der Waals surface area contributed by atoms with Gasteiger partial charge in [-0.05, 0) is 64.2 Å². The Bertz CT molecular complexity index is 1110. The van der Waals surface area contributed by atoms with Crippen molar-refractivity contribution in [1.29, 1.82) is 0 Å². The van der Waals surface area contributed by atoms with Crippen LogP contribution in [0.2, 0.25) is 0 Å². The Kier molecular flexibility index (Phi) is 34.9. The van der Waals surface area contributed by atoms with E-state index in [0.717, 1.165) is 89.9 Å². The van der Waals surface area contributed by atoms with Crippen LogP contribution >= 0.6 is 7.82 Å². The second-order valence-corrected chi connectivity index (χ2v) is 13.6. The van der Waals surface area contributed by atoms with Crippen LogP contribution in [0.25, 0.3) is 0 Å². The Balaban J connectivity index is 4.32. The topological polar surface area (TPSA) is 134 Å². The van der Waals surface area contributed by atoms with Crippen LogP contribution in [0.4, 0.5) is 0 Å². The molecule has 2 atom stereocenters. The summed E-state index contributed by atoms with van der Waals surface area (Å²) in [6.07, 6.45) is 44.7. The summed E-state index contributed by atoms with van der Waals surface area (Å²) >= 11 is 0. The van der Waals surface area contributed by atoms with Gasteiger partial charge >= 0.3 is 19.8 Å². The van der Waals surface area contributed by atoms with Crippen LogP contribution in [0.5, 0.6) is 0 Å². The monoisotopic (exact) mass is 733 g/mol. The summed E-state index contributed by atoms with van der Waals surface area (Å²) in [6.45, 7) is 3.39. The van der Waals surface area contributed by atoms with E-state index in [0.29, 0.717) is 12.8 Å². The maximum atomic E-state index is 12.5. The van der Waals surface area contributed by atoms with Crippen LogP contribution in [0.3, 0.4) is 0 Å². The molecule has 0 rings (SSSR count). The van der Waals surface area contributed by atoms with E-state index in [9.17, 15) is 19.0 Å². The van der Waals surface area contributed by atoms with Gasteiger partial charge in [0.25, 0.3) is 0 Å². The van der Waals surface area contributed by atoms with Crippen molar-refractivity contribution in [2.75, 3.05) is 26.4 Å². The number of carbonyl (C=O) groups is 2. The van der Waals surface area contributed by atoms with Crippen LogP contribution in [0.15, 0.2) is 85.1 Å². The maximum Gasteiger partial charge on any atom is 0.472 e. The normalized spacial score (nSPS) is 14.4. The molecule has 0 aliphatic rings. The number of allylic oxidation sites excluding steroid dienone is 14. The molecule has 51 heavy (non-hydrogen) atoms. The standard InChI is InChI=1S/C41H68NO8P/c1-3-5-7-9-11-13-15-17-19-21-23-25-27-29-31-33-40(43)47-37-39(38-49-51(45,46)48-36-35-42)50-41(44)34-32-30-28-26-24-22-20-18-16-14-12-10-8-6-4-2/h5-9,11-15,17-20,39H,3-4,10,16,21-38,42H2,1-2H3,(H,45,46)/b7-5+,8-6+,11-9+,14-12+,15-13+,19-17+,20-18+/t39-/m1/s1. The molecule has 0 bridgehead atoms. The van der Waals surface area contributed by atoms with E-state index in [-0.39, 0.29) is 32.6 Å². The highest BCUT2D eigenvalue weighted by Crippen LogP contribution is 2.43.